The Labute approximate surface area is 82.0 Å². The Hall–Kier alpha value is -0.0800. The van der Waals surface area contributed by atoms with Crippen molar-refractivity contribution in [3.8, 4) is 0 Å². The van der Waals surface area contributed by atoms with Gasteiger partial charge in [-0.15, -0.1) is 0 Å². The summed E-state index contributed by atoms with van der Waals surface area (Å²) in [7, 11) is 0. The predicted octanol–water partition coefficient (Wildman–Crippen LogP) is 2.33. The first-order valence-corrected chi connectivity index (χ1v) is 5.71. The van der Waals surface area contributed by atoms with Crippen molar-refractivity contribution in [1.82, 2.24) is 5.32 Å². The van der Waals surface area contributed by atoms with Crippen molar-refractivity contribution in [3.05, 3.63) is 0 Å². The quantitative estimate of drug-likeness (QED) is 0.586. The van der Waals surface area contributed by atoms with Gasteiger partial charge in [-0.2, -0.15) is 0 Å². The third-order valence-corrected chi connectivity index (χ3v) is 2.52. The Morgan fingerprint density at radius 3 is 2.69 bits per heavy atom. The molecule has 0 aromatic rings. The largest absolute Gasteiger partial charge is 0.377 e. The molecule has 1 fully saturated rings. The Morgan fingerprint density at radius 2 is 2.15 bits per heavy atom. The van der Waals surface area contributed by atoms with E-state index in [1.165, 1.54) is 25.7 Å². The Kier molecular flexibility index (Phi) is 5.40. The first-order chi connectivity index (χ1) is 6.36. The van der Waals surface area contributed by atoms with Gasteiger partial charge in [0.05, 0.1) is 6.10 Å². The van der Waals surface area contributed by atoms with Crippen LogP contribution in [-0.2, 0) is 4.74 Å². The van der Waals surface area contributed by atoms with E-state index in [0.717, 1.165) is 25.6 Å². The van der Waals surface area contributed by atoms with Crippen LogP contribution in [0.4, 0.5) is 0 Å². The van der Waals surface area contributed by atoms with Gasteiger partial charge in [0.25, 0.3) is 0 Å². The number of hydrogen-bond acceptors (Lipinski definition) is 2. The summed E-state index contributed by atoms with van der Waals surface area (Å²) in [5.41, 5.74) is 0. The van der Waals surface area contributed by atoms with E-state index in [0.29, 0.717) is 6.10 Å². The van der Waals surface area contributed by atoms with Gasteiger partial charge < -0.3 is 10.1 Å². The van der Waals surface area contributed by atoms with Crippen molar-refractivity contribution < 1.29 is 4.74 Å². The highest BCUT2D eigenvalue weighted by Crippen LogP contribution is 2.18. The molecule has 13 heavy (non-hydrogen) atoms. The van der Waals surface area contributed by atoms with E-state index in [9.17, 15) is 0 Å². The lowest BCUT2D eigenvalue weighted by molar-refractivity contribution is 0.0487. The minimum Gasteiger partial charge on any atom is -0.377 e. The lowest BCUT2D eigenvalue weighted by atomic mass is 10.2. The van der Waals surface area contributed by atoms with Crippen molar-refractivity contribution in [1.29, 1.82) is 0 Å². The average molecular weight is 185 g/mol. The molecule has 1 rings (SSSR count). The first kappa shape index (κ1) is 11.0. The third kappa shape index (κ3) is 5.27. The lowest BCUT2D eigenvalue weighted by Crippen LogP contribution is -2.30. The predicted molar refractivity (Wildman–Crippen MR) is 56.0 cm³/mol. The number of nitrogens with one attached hydrogen (secondary N) is 1. The summed E-state index contributed by atoms with van der Waals surface area (Å²) in [5.74, 6) is 0. The third-order valence-electron chi connectivity index (χ3n) is 2.52. The standard InChI is InChI=1S/C11H23NO/c1-3-5-8-13-11(4-2)9-12-10-6-7-10/h10-12H,3-9H2,1-2H3. The van der Waals surface area contributed by atoms with Crippen LogP contribution in [0.25, 0.3) is 0 Å². The maximum atomic E-state index is 5.75. The second-order valence-electron chi connectivity index (χ2n) is 3.94. The van der Waals surface area contributed by atoms with Crippen molar-refractivity contribution in [2.75, 3.05) is 13.2 Å². The highest BCUT2D eigenvalue weighted by molar-refractivity contribution is 4.81. The molecule has 2 heteroatoms. The van der Waals surface area contributed by atoms with E-state index >= 15 is 0 Å². The molecule has 0 aromatic carbocycles. The molecule has 0 saturated heterocycles. The van der Waals surface area contributed by atoms with Crippen LogP contribution in [0.5, 0.6) is 0 Å². The van der Waals surface area contributed by atoms with Crippen LogP contribution in [0.1, 0.15) is 46.0 Å². The monoisotopic (exact) mass is 185 g/mol. The average Bonchev–Trinajstić information content (AvgIpc) is 2.94. The van der Waals surface area contributed by atoms with Gasteiger partial charge in [-0.3, -0.25) is 0 Å². The molecule has 1 aliphatic carbocycles. The zero-order valence-electron chi connectivity index (χ0n) is 9.01. The van der Waals surface area contributed by atoms with E-state index < -0.39 is 0 Å². The van der Waals surface area contributed by atoms with Gasteiger partial charge in [0.1, 0.15) is 0 Å². The van der Waals surface area contributed by atoms with Crippen LogP contribution in [0.3, 0.4) is 0 Å². The molecule has 1 atom stereocenters. The summed E-state index contributed by atoms with van der Waals surface area (Å²) in [6.07, 6.45) is 6.72. The topological polar surface area (TPSA) is 21.3 Å². The minimum absolute atomic E-state index is 0.437. The molecule has 0 aliphatic heterocycles. The van der Waals surface area contributed by atoms with Gasteiger partial charge >= 0.3 is 0 Å². The SMILES string of the molecule is CCCCOC(CC)CNC1CC1. The molecular weight excluding hydrogens is 162 g/mol. The van der Waals surface area contributed by atoms with Gasteiger partial charge in [-0.05, 0) is 25.7 Å². The van der Waals surface area contributed by atoms with Gasteiger partial charge in [-0.25, -0.2) is 0 Å². The smallest absolute Gasteiger partial charge is 0.0696 e. The van der Waals surface area contributed by atoms with Crippen LogP contribution in [0.15, 0.2) is 0 Å². The molecule has 1 unspecified atom stereocenters. The molecule has 0 heterocycles. The zero-order valence-corrected chi connectivity index (χ0v) is 9.01. The van der Waals surface area contributed by atoms with Crippen molar-refractivity contribution in [2.45, 2.75) is 58.1 Å². The second-order valence-corrected chi connectivity index (χ2v) is 3.94. The first-order valence-electron chi connectivity index (χ1n) is 5.71. The summed E-state index contributed by atoms with van der Waals surface area (Å²) in [4.78, 5) is 0. The fourth-order valence-corrected chi connectivity index (χ4v) is 1.30. The molecule has 1 saturated carbocycles. The molecule has 78 valence electrons. The Morgan fingerprint density at radius 1 is 1.38 bits per heavy atom. The number of ether oxygens (including phenoxy) is 1. The Balaban J connectivity index is 1.95. The van der Waals surface area contributed by atoms with E-state index in [1.807, 2.05) is 0 Å². The molecular formula is C11H23NO. The molecule has 1 aliphatic rings. The fourth-order valence-electron chi connectivity index (χ4n) is 1.30. The van der Waals surface area contributed by atoms with E-state index in [-0.39, 0.29) is 0 Å². The van der Waals surface area contributed by atoms with Crippen molar-refractivity contribution >= 4 is 0 Å². The van der Waals surface area contributed by atoms with E-state index in [4.69, 9.17) is 4.74 Å². The van der Waals surface area contributed by atoms with Crippen LogP contribution in [0.2, 0.25) is 0 Å². The second kappa shape index (κ2) is 6.39. The molecule has 0 amide bonds. The minimum atomic E-state index is 0.437. The summed E-state index contributed by atoms with van der Waals surface area (Å²) in [6.45, 7) is 6.38. The molecule has 1 N–H and O–H groups in total. The Bertz CT molecular complexity index is 123. The summed E-state index contributed by atoms with van der Waals surface area (Å²) in [6, 6.07) is 0.809. The number of hydrogen-bond donors (Lipinski definition) is 1. The van der Waals surface area contributed by atoms with Gasteiger partial charge in [0, 0.05) is 19.2 Å². The van der Waals surface area contributed by atoms with E-state index in [2.05, 4.69) is 19.2 Å². The highest BCUT2D eigenvalue weighted by Gasteiger charge is 2.21. The molecule has 0 aromatic heterocycles. The maximum Gasteiger partial charge on any atom is 0.0696 e. The summed E-state index contributed by atoms with van der Waals surface area (Å²) in [5, 5.41) is 3.51. The number of unbranched alkanes of at least 4 members (excludes halogenated alkanes) is 1. The van der Waals surface area contributed by atoms with Crippen molar-refractivity contribution in [3.63, 3.8) is 0 Å². The highest BCUT2D eigenvalue weighted by atomic mass is 16.5. The summed E-state index contributed by atoms with van der Waals surface area (Å²) >= 11 is 0. The van der Waals surface area contributed by atoms with Crippen LogP contribution in [-0.4, -0.2) is 25.3 Å². The lowest BCUT2D eigenvalue weighted by Gasteiger charge is -2.16. The molecule has 0 spiro atoms. The molecule has 0 bridgehead atoms. The number of rotatable bonds is 8. The van der Waals surface area contributed by atoms with Gasteiger partial charge in [-0.1, -0.05) is 20.3 Å². The molecule has 2 nitrogen and oxygen atoms in total. The van der Waals surface area contributed by atoms with Gasteiger partial charge in [0.2, 0.25) is 0 Å². The van der Waals surface area contributed by atoms with Crippen LogP contribution in [0, 0.1) is 0 Å². The van der Waals surface area contributed by atoms with Crippen LogP contribution < -0.4 is 5.32 Å². The van der Waals surface area contributed by atoms with E-state index in [1.54, 1.807) is 0 Å². The molecule has 0 radical (unpaired) electrons. The zero-order chi connectivity index (χ0) is 9.52. The van der Waals surface area contributed by atoms with Gasteiger partial charge in [0.15, 0.2) is 0 Å². The summed E-state index contributed by atoms with van der Waals surface area (Å²) < 4.78 is 5.75. The normalized spacial score (nSPS) is 18.9. The van der Waals surface area contributed by atoms with Crippen LogP contribution >= 0.6 is 0 Å². The fraction of sp³-hybridized carbons (Fsp3) is 1.00. The maximum absolute atomic E-state index is 5.75. The van der Waals surface area contributed by atoms with Crippen molar-refractivity contribution in [2.24, 2.45) is 0 Å².